The number of aryl methyl sites for hydroxylation is 1. The minimum atomic E-state index is -0.498. The van der Waals surface area contributed by atoms with Gasteiger partial charge in [-0.05, 0) is 44.0 Å². The predicted octanol–water partition coefficient (Wildman–Crippen LogP) is 0.0483. The number of nitrogens with one attached hydrogen (secondary N) is 1. The minimum Gasteiger partial charge on any atom is -0.444 e. The number of Topliss-reactive ketones (excluding diaryl/α,β-unsaturated/α-hetero) is 1. The zero-order valence-electron chi connectivity index (χ0n) is 13.3. The van der Waals surface area contributed by atoms with Crippen molar-refractivity contribution in [3.05, 3.63) is 5.82 Å². The Labute approximate surface area is 129 Å². The highest BCUT2D eigenvalue weighted by Gasteiger charge is 2.15. The van der Waals surface area contributed by atoms with Crippen LogP contribution in [-0.4, -0.2) is 50.8 Å². The molecule has 0 aliphatic carbocycles. The van der Waals surface area contributed by atoms with E-state index in [9.17, 15) is 9.59 Å². The number of nitrogens with two attached hydrogens (primary N) is 1. The average Bonchev–Trinajstić information content (AvgIpc) is 2.83. The molecule has 124 valence electrons. The molecule has 0 fully saturated rings. The third kappa shape index (κ3) is 7.11. The maximum atomic E-state index is 11.4. The average molecular weight is 312 g/mol. The fraction of sp³-hybridized carbons (Fsp3) is 0.769. The number of ketones is 1. The van der Waals surface area contributed by atoms with Crippen molar-refractivity contribution < 1.29 is 14.3 Å². The van der Waals surface area contributed by atoms with Gasteiger partial charge in [0.15, 0.2) is 11.6 Å². The molecule has 1 aromatic rings. The number of unbranched alkanes of at least 4 members (excludes halogenated alkanes) is 1. The number of ether oxygens (including phenoxy) is 1. The number of rotatable bonds is 8. The van der Waals surface area contributed by atoms with E-state index in [4.69, 9.17) is 10.5 Å². The van der Waals surface area contributed by atoms with Gasteiger partial charge in [0, 0.05) is 13.0 Å². The van der Waals surface area contributed by atoms with Crippen molar-refractivity contribution in [1.29, 1.82) is 0 Å². The van der Waals surface area contributed by atoms with Gasteiger partial charge in [-0.1, -0.05) is 0 Å². The molecule has 0 spiro atoms. The molecule has 9 heteroatoms. The highest BCUT2D eigenvalue weighted by Crippen LogP contribution is 2.06. The van der Waals surface area contributed by atoms with Crippen LogP contribution in [-0.2, 0) is 22.5 Å². The number of hydrogen-bond donors (Lipinski definition) is 2. The Hall–Kier alpha value is -2.03. The SMILES string of the molecule is CC(C)(C)OC(=O)NCCCCc1nnnn1CC(=O)CN. The van der Waals surface area contributed by atoms with E-state index in [2.05, 4.69) is 20.8 Å². The zero-order chi connectivity index (χ0) is 16.6. The van der Waals surface area contributed by atoms with Crippen molar-refractivity contribution in [3.8, 4) is 0 Å². The molecule has 0 aromatic carbocycles. The summed E-state index contributed by atoms with van der Waals surface area (Å²) in [6.45, 7) is 6.02. The Morgan fingerprint density at radius 2 is 2.05 bits per heavy atom. The van der Waals surface area contributed by atoms with Crippen molar-refractivity contribution >= 4 is 11.9 Å². The molecule has 9 nitrogen and oxygen atoms in total. The van der Waals surface area contributed by atoms with Gasteiger partial charge in [-0.15, -0.1) is 5.10 Å². The van der Waals surface area contributed by atoms with E-state index in [1.165, 1.54) is 4.68 Å². The van der Waals surface area contributed by atoms with Crippen LogP contribution in [0.5, 0.6) is 0 Å². The lowest BCUT2D eigenvalue weighted by Crippen LogP contribution is -2.33. The molecule has 0 saturated heterocycles. The van der Waals surface area contributed by atoms with Crippen LogP contribution in [0.1, 0.15) is 39.4 Å². The maximum Gasteiger partial charge on any atom is 0.407 e. The standard InChI is InChI=1S/C13H24N6O3/c1-13(2,3)22-12(21)15-7-5-4-6-11-16-17-18-19(11)9-10(20)8-14/h4-9,14H2,1-3H3,(H,15,21). The Morgan fingerprint density at radius 1 is 1.32 bits per heavy atom. The summed E-state index contributed by atoms with van der Waals surface area (Å²) < 4.78 is 6.58. The molecule has 1 amide bonds. The first-order valence-corrected chi connectivity index (χ1v) is 7.25. The van der Waals surface area contributed by atoms with E-state index in [-0.39, 0.29) is 18.9 Å². The summed E-state index contributed by atoms with van der Waals surface area (Å²) in [7, 11) is 0. The van der Waals surface area contributed by atoms with E-state index in [1.54, 1.807) is 0 Å². The molecule has 0 atom stereocenters. The molecular weight excluding hydrogens is 288 g/mol. The van der Waals surface area contributed by atoms with Crippen LogP contribution in [0.4, 0.5) is 4.79 Å². The Balaban J connectivity index is 2.24. The molecule has 22 heavy (non-hydrogen) atoms. The lowest BCUT2D eigenvalue weighted by molar-refractivity contribution is -0.118. The molecule has 3 N–H and O–H groups in total. The summed E-state index contributed by atoms with van der Waals surface area (Å²) >= 11 is 0. The lowest BCUT2D eigenvalue weighted by Gasteiger charge is -2.19. The third-order valence-corrected chi connectivity index (χ3v) is 2.66. The van der Waals surface area contributed by atoms with E-state index in [0.29, 0.717) is 18.8 Å². The van der Waals surface area contributed by atoms with Gasteiger partial charge in [0.2, 0.25) is 0 Å². The first kappa shape index (κ1) is 18.0. The summed E-state index contributed by atoms with van der Waals surface area (Å²) in [5, 5.41) is 13.9. The first-order valence-electron chi connectivity index (χ1n) is 7.25. The molecule has 1 aromatic heterocycles. The fourth-order valence-electron chi connectivity index (χ4n) is 1.67. The highest BCUT2D eigenvalue weighted by atomic mass is 16.6. The largest absolute Gasteiger partial charge is 0.444 e. The monoisotopic (exact) mass is 312 g/mol. The van der Waals surface area contributed by atoms with E-state index >= 15 is 0 Å². The van der Waals surface area contributed by atoms with Gasteiger partial charge in [0.25, 0.3) is 0 Å². The summed E-state index contributed by atoms with van der Waals surface area (Å²) in [6.07, 6.45) is 1.75. The van der Waals surface area contributed by atoms with E-state index < -0.39 is 11.7 Å². The van der Waals surface area contributed by atoms with Crippen LogP contribution in [0.3, 0.4) is 0 Å². The topological polar surface area (TPSA) is 125 Å². The van der Waals surface area contributed by atoms with Crippen LogP contribution in [0.25, 0.3) is 0 Å². The van der Waals surface area contributed by atoms with Crippen LogP contribution >= 0.6 is 0 Å². The molecule has 1 heterocycles. The first-order chi connectivity index (χ1) is 10.3. The molecule has 0 radical (unpaired) electrons. The quantitative estimate of drug-likeness (QED) is 0.649. The number of tetrazole rings is 1. The minimum absolute atomic E-state index is 0.0287. The van der Waals surface area contributed by atoms with Crippen molar-refractivity contribution in [2.24, 2.45) is 5.73 Å². The second-order valence-corrected chi connectivity index (χ2v) is 5.88. The number of aromatic nitrogens is 4. The number of carbonyl (C=O) groups is 2. The molecule has 1 rings (SSSR count). The van der Waals surface area contributed by atoms with E-state index in [0.717, 1.165) is 12.8 Å². The van der Waals surface area contributed by atoms with Gasteiger partial charge in [-0.3, -0.25) is 4.79 Å². The molecular formula is C13H24N6O3. The van der Waals surface area contributed by atoms with Crippen molar-refractivity contribution in [2.75, 3.05) is 13.1 Å². The van der Waals surface area contributed by atoms with Gasteiger partial charge in [0.1, 0.15) is 12.1 Å². The van der Waals surface area contributed by atoms with Crippen LogP contribution in [0.15, 0.2) is 0 Å². The molecule has 0 bridgehead atoms. The van der Waals surface area contributed by atoms with Crippen LogP contribution in [0, 0.1) is 0 Å². The smallest absolute Gasteiger partial charge is 0.407 e. The van der Waals surface area contributed by atoms with Crippen LogP contribution in [0.2, 0.25) is 0 Å². The van der Waals surface area contributed by atoms with Gasteiger partial charge in [0.05, 0.1) is 6.54 Å². The summed E-state index contributed by atoms with van der Waals surface area (Å²) in [4.78, 5) is 22.7. The number of hydrogen-bond acceptors (Lipinski definition) is 7. The lowest BCUT2D eigenvalue weighted by atomic mass is 10.2. The maximum absolute atomic E-state index is 11.4. The Bertz CT molecular complexity index is 494. The summed E-state index contributed by atoms with van der Waals surface area (Å²) in [5.74, 6) is 0.513. The normalized spacial score (nSPS) is 11.3. The van der Waals surface area contributed by atoms with Gasteiger partial charge in [-0.2, -0.15) is 0 Å². The van der Waals surface area contributed by atoms with Crippen molar-refractivity contribution in [1.82, 2.24) is 25.5 Å². The molecule has 0 unspecified atom stereocenters. The summed E-state index contributed by atoms with van der Waals surface area (Å²) in [6, 6.07) is 0. The second kappa shape index (κ2) is 8.42. The number of amides is 1. The number of carbonyl (C=O) groups excluding carboxylic acids is 2. The van der Waals surface area contributed by atoms with Gasteiger partial charge < -0.3 is 15.8 Å². The van der Waals surface area contributed by atoms with Crippen molar-refractivity contribution in [3.63, 3.8) is 0 Å². The molecule has 0 aliphatic rings. The predicted molar refractivity (Wildman–Crippen MR) is 79.1 cm³/mol. The number of nitrogens with zero attached hydrogens (tertiary/aromatic N) is 4. The van der Waals surface area contributed by atoms with Gasteiger partial charge >= 0.3 is 6.09 Å². The third-order valence-electron chi connectivity index (χ3n) is 2.66. The Kier molecular flexibility index (Phi) is 6.90. The summed E-state index contributed by atoms with van der Waals surface area (Å²) in [5.41, 5.74) is 4.77. The van der Waals surface area contributed by atoms with Gasteiger partial charge in [-0.25, -0.2) is 9.48 Å². The fourth-order valence-corrected chi connectivity index (χ4v) is 1.67. The highest BCUT2D eigenvalue weighted by molar-refractivity contribution is 5.79. The van der Waals surface area contributed by atoms with E-state index in [1.807, 2.05) is 20.8 Å². The molecule has 0 aliphatic heterocycles. The zero-order valence-corrected chi connectivity index (χ0v) is 13.3. The second-order valence-electron chi connectivity index (χ2n) is 5.88. The number of alkyl carbamates (subject to hydrolysis) is 1. The van der Waals surface area contributed by atoms with Crippen LogP contribution < -0.4 is 11.1 Å². The molecule has 0 saturated carbocycles. The Morgan fingerprint density at radius 3 is 2.68 bits per heavy atom. The van der Waals surface area contributed by atoms with Crippen molar-refractivity contribution in [2.45, 2.75) is 52.2 Å².